The van der Waals surface area contributed by atoms with E-state index in [1.54, 1.807) is 5.40 Å². The highest BCUT2D eigenvalue weighted by Crippen LogP contribution is 2.29. The summed E-state index contributed by atoms with van der Waals surface area (Å²) in [5.74, 6) is 0. The van der Waals surface area contributed by atoms with E-state index in [9.17, 15) is 10.1 Å². The van der Waals surface area contributed by atoms with Crippen LogP contribution in [0, 0.1) is 20.8 Å². The molecule has 0 radical (unpaired) electrons. The first-order chi connectivity index (χ1) is 6.15. The standard InChI is InChI=1S/C7H5N3O2S/c8-4-13-7-2-1-5(9)3-6(7)10(11)12/h1-3H,9H2. The number of thiocyanates is 1. The van der Waals surface area contributed by atoms with E-state index >= 15 is 0 Å². The number of nitrogens with zero attached hydrogens (tertiary/aromatic N) is 2. The Hall–Kier alpha value is -1.74. The summed E-state index contributed by atoms with van der Waals surface area (Å²) in [6, 6.07) is 4.22. The fourth-order valence-electron chi connectivity index (χ4n) is 0.813. The summed E-state index contributed by atoms with van der Waals surface area (Å²) in [7, 11) is 0. The molecule has 0 heterocycles. The monoisotopic (exact) mass is 195 g/mol. The van der Waals surface area contributed by atoms with Crippen molar-refractivity contribution in [3.05, 3.63) is 28.3 Å². The average Bonchev–Trinajstić information content (AvgIpc) is 2.08. The quantitative estimate of drug-likeness (QED) is 0.255. The molecule has 2 N–H and O–H groups in total. The summed E-state index contributed by atoms with van der Waals surface area (Å²) in [6.45, 7) is 0. The van der Waals surface area contributed by atoms with Gasteiger partial charge in [-0.15, -0.1) is 0 Å². The molecule has 0 atom stereocenters. The van der Waals surface area contributed by atoms with Gasteiger partial charge in [0.25, 0.3) is 5.69 Å². The van der Waals surface area contributed by atoms with Gasteiger partial charge in [0, 0.05) is 11.8 Å². The van der Waals surface area contributed by atoms with E-state index in [1.807, 2.05) is 0 Å². The Kier molecular flexibility index (Phi) is 2.72. The van der Waals surface area contributed by atoms with E-state index in [0.29, 0.717) is 10.6 Å². The Morgan fingerprint density at radius 2 is 2.31 bits per heavy atom. The third kappa shape index (κ3) is 2.10. The van der Waals surface area contributed by atoms with Crippen molar-refractivity contribution in [2.24, 2.45) is 0 Å². The Morgan fingerprint density at radius 1 is 1.62 bits per heavy atom. The predicted molar refractivity (Wildman–Crippen MR) is 49.0 cm³/mol. The summed E-state index contributed by atoms with van der Waals surface area (Å²) in [5.41, 5.74) is 5.55. The van der Waals surface area contributed by atoms with Crippen LogP contribution in [0.5, 0.6) is 0 Å². The number of hydrogen-bond acceptors (Lipinski definition) is 5. The fraction of sp³-hybridized carbons (Fsp3) is 0. The van der Waals surface area contributed by atoms with Crippen LogP contribution in [0.1, 0.15) is 0 Å². The van der Waals surface area contributed by atoms with Crippen molar-refractivity contribution in [3.63, 3.8) is 0 Å². The molecule has 1 aromatic carbocycles. The third-order valence-corrected chi connectivity index (χ3v) is 1.99. The van der Waals surface area contributed by atoms with E-state index in [1.165, 1.54) is 18.2 Å². The van der Waals surface area contributed by atoms with Gasteiger partial charge in [0.1, 0.15) is 10.3 Å². The van der Waals surface area contributed by atoms with Gasteiger partial charge in [-0.2, -0.15) is 5.26 Å². The molecule has 5 nitrogen and oxygen atoms in total. The lowest BCUT2D eigenvalue weighted by Gasteiger charge is -1.97. The highest BCUT2D eigenvalue weighted by molar-refractivity contribution is 8.03. The van der Waals surface area contributed by atoms with Gasteiger partial charge in [0.2, 0.25) is 0 Å². The average molecular weight is 195 g/mol. The van der Waals surface area contributed by atoms with Crippen LogP contribution in [0.3, 0.4) is 0 Å². The molecule has 0 aliphatic rings. The van der Waals surface area contributed by atoms with Crippen molar-refractivity contribution in [1.29, 1.82) is 5.26 Å². The number of hydrogen-bond donors (Lipinski definition) is 1. The van der Waals surface area contributed by atoms with Crippen molar-refractivity contribution < 1.29 is 4.92 Å². The Bertz CT molecular complexity index is 386. The zero-order valence-electron chi connectivity index (χ0n) is 6.43. The minimum absolute atomic E-state index is 0.133. The molecule has 0 aliphatic heterocycles. The smallest absolute Gasteiger partial charge is 0.285 e. The van der Waals surface area contributed by atoms with Crippen molar-refractivity contribution >= 4 is 23.1 Å². The summed E-state index contributed by atoms with van der Waals surface area (Å²) >= 11 is 0.747. The summed E-state index contributed by atoms with van der Waals surface area (Å²) in [6.07, 6.45) is 0. The topological polar surface area (TPSA) is 93.0 Å². The molecule has 6 heteroatoms. The molecule has 0 bridgehead atoms. The lowest BCUT2D eigenvalue weighted by molar-refractivity contribution is -0.387. The van der Waals surface area contributed by atoms with Crippen molar-refractivity contribution in [2.75, 3.05) is 5.73 Å². The molecule has 1 aromatic rings. The largest absolute Gasteiger partial charge is 0.399 e. The molecular weight excluding hydrogens is 190 g/mol. The van der Waals surface area contributed by atoms with E-state index in [-0.39, 0.29) is 5.69 Å². The van der Waals surface area contributed by atoms with E-state index in [4.69, 9.17) is 11.0 Å². The van der Waals surface area contributed by atoms with Gasteiger partial charge in [-0.3, -0.25) is 10.1 Å². The molecular formula is C7H5N3O2S. The third-order valence-electron chi connectivity index (χ3n) is 1.34. The molecule has 13 heavy (non-hydrogen) atoms. The summed E-state index contributed by atoms with van der Waals surface area (Å²) in [5, 5.41) is 20.6. The molecule has 0 saturated heterocycles. The molecule has 0 fully saturated rings. The van der Waals surface area contributed by atoms with Crippen LogP contribution in [0.2, 0.25) is 0 Å². The number of nitro groups is 1. The highest BCUT2D eigenvalue weighted by atomic mass is 32.2. The van der Waals surface area contributed by atoms with Crippen LogP contribution in [0.25, 0.3) is 0 Å². The van der Waals surface area contributed by atoms with Crippen LogP contribution in [0.4, 0.5) is 11.4 Å². The minimum atomic E-state index is -0.559. The molecule has 0 saturated carbocycles. The lowest BCUT2D eigenvalue weighted by Crippen LogP contribution is -1.92. The molecule has 1 rings (SSSR count). The molecule has 0 unspecified atom stereocenters. The number of anilines is 1. The normalized spacial score (nSPS) is 9.15. The second-order valence-corrected chi connectivity index (χ2v) is 3.00. The second kappa shape index (κ2) is 3.78. The first-order valence-corrected chi connectivity index (χ1v) is 4.06. The van der Waals surface area contributed by atoms with Gasteiger partial charge in [0.15, 0.2) is 0 Å². The maximum atomic E-state index is 10.5. The maximum absolute atomic E-state index is 10.5. The van der Waals surface area contributed by atoms with Crippen molar-refractivity contribution in [1.82, 2.24) is 0 Å². The van der Waals surface area contributed by atoms with Gasteiger partial charge < -0.3 is 5.73 Å². The number of benzene rings is 1. The second-order valence-electron chi connectivity index (χ2n) is 2.18. The zero-order chi connectivity index (χ0) is 9.84. The van der Waals surface area contributed by atoms with Gasteiger partial charge in [-0.1, -0.05) is 0 Å². The number of nitriles is 1. The SMILES string of the molecule is N#CSc1ccc(N)cc1[N+](=O)[O-]. The van der Waals surface area contributed by atoms with E-state index < -0.39 is 4.92 Å². The van der Waals surface area contributed by atoms with Gasteiger partial charge in [0.05, 0.1) is 4.92 Å². The number of thioether (sulfide) groups is 1. The first kappa shape index (κ1) is 9.35. The van der Waals surface area contributed by atoms with Crippen molar-refractivity contribution in [3.8, 4) is 5.40 Å². The summed E-state index contributed by atoms with van der Waals surface area (Å²) < 4.78 is 0. The molecule has 0 aliphatic carbocycles. The van der Waals surface area contributed by atoms with Crippen molar-refractivity contribution in [2.45, 2.75) is 4.90 Å². The Balaban J connectivity index is 3.20. The van der Waals surface area contributed by atoms with Gasteiger partial charge >= 0.3 is 0 Å². The van der Waals surface area contributed by atoms with Crippen LogP contribution in [-0.4, -0.2) is 4.92 Å². The Morgan fingerprint density at radius 3 is 2.85 bits per heavy atom. The Labute approximate surface area is 78.3 Å². The zero-order valence-corrected chi connectivity index (χ0v) is 7.25. The highest BCUT2D eigenvalue weighted by Gasteiger charge is 2.13. The van der Waals surface area contributed by atoms with Crippen LogP contribution >= 0.6 is 11.8 Å². The van der Waals surface area contributed by atoms with Crippen LogP contribution in [0.15, 0.2) is 23.1 Å². The molecule has 0 aromatic heterocycles. The lowest BCUT2D eigenvalue weighted by atomic mass is 10.3. The minimum Gasteiger partial charge on any atom is -0.399 e. The molecule has 0 spiro atoms. The first-order valence-electron chi connectivity index (χ1n) is 3.25. The van der Waals surface area contributed by atoms with Gasteiger partial charge in [-0.25, -0.2) is 0 Å². The van der Waals surface area contributed by atoms with Crippen LogP contribution < -0.4 is 5.73 Å². The molecule has 0 amide bonds. The number of nitro benzene ring substituents is 1. The summed E-state index contributed by atoms with van der Waals surface area (Å²) in [4.78, 5) is 10.2. The maximum Gasteiger partial charge on any atom is 0.285 e. The number of rotatable bonds is 2. The molecule has 66 valence electrons. The number of nitrogens with two attached hydrogens (primary N) is 1. The van der Waals surface area contributed by atoms with E-state index in [2.05, 4.69) is 0 Å². The van der Waals surface area contributed by atoms with Crippen LogP contribution in [-0.2, 0) is 0 Å². The number of nitrogen functional groups attached to an aromatic ring is 1. The van der Waals surface area contributed by atoms with E-state index in [0.717, 1.165) is 11.8 Å². The predicted octanol–water partition coefficient (Wildman–Crippen LogP) is 1.75. The fourth-order valence-corrected chi connectivity index (χ4v) is 1.29. The van der Waals surface area contributed by atoms with Gasteiger partial charge in [-0.05, 0) is 23.9 Å².